The van der Waals surface area contributed by atoms with Gasteiger partial charge in [0.2, 0.25) is 0 Å². The van der Waals surface area contributed by atoms with Crippen molar-refractivity contribution in [2.45, 2.75) is 13.3 Å². The summed E-state index contributed by atoms with van der Waals surface area (Å²) in [5, 5.41) is 3.82. The van der Waals surface area contributed by atoms with Gasteiger partial charge in [-0.1, -0.05) is 43.3 Å². The molecule has 4 heteroatoms. The van der Waals surface area contributed by atoms with E-state index in [4.69, 9.17) is 0 Å². The summed E-state index contributed by atoms with van der Waals surface area (Å²) in [5.41, 5.74) is 4.39. The summed E-state index contributed by atoms with van der Waals surface area (Å²) < 4.78 is 13.4. The standard InChI is InChI=1S/C16H15FN2O/c1-2-12-7-9-13(10-8-12)11-18-19-16(20)14-5-3-4-6-15(14)17/h3-11H,2H2,1H3,(H,19,20)/b18-11+. The van der Waals surface area contributed by atoms with E-state index in [1.807, 2.05) is 24.3 Å². The maximum absolute atomic E-state index is 13.4. The van der Waals surface area contributed by atoms with E-state index in [1.54, 1.807) is 6.07 Å². The Kier molecular flexibility index (Phi) is 4.60. The molecule has 0 radical (unpaired) electrons. The number of hydrogen-bond acceptors (Lipinski definition) is 2. The third kappa shape index (κ3) is 3.51. The topological polar surface area (TPSA) is 41.5 Å². The van der Waals surface area contributed by atoms with E-state index >= 15 is 0 Å². The first-order valence-electron chi connectivity index (χ1n) is 6.37. The molecule has 1 amide bonds. The van der Waals surface area contributed by atoms with Crippen LogP contribution in [-0.2, 0) is 6.42 Å². The molecule has 2 rings (SSSR count). The van der Waals surface area contributed by atoms with Crippen LogP contribution in [0.2, 0.25) is 0 Å². The number of aryl methyl sites for hydroxylation is 1. The number of hydrogen-bond donors (Lipinski definition) is 1. The van der Waals surface area contributed by atoms with Crippen LogP contribution in [0.5, 0.6) is 0 Å². The van der Waals surface area contributed by atoms with E-state index in [-0.39, 0.29) is 5.56 Å². The number of nitrogens with zero attached hydrogens (tertiary/aromatic N) is 1. The van der Waals surface area contributed by atoms with Gasteiger partial charge in [-0.15, -0.1) is 0 Å². The summed E-state index contributed by atoms with van der Waals surface area (Å²) in [4.78, 5) is 11.7. The SMILES string of the molecule is CCc1ccc(/C=N/NC(=O)c2ccccc2F)cc1. The number of amides is 1. The molecule has 0 saturated heterocycles. The van der Waals surface area contributed by atoms with Crippen molar-refractivity contribution >= 4 is 12.1 Å². The molecule has 0 fully saturated rings. The molecule has 0 spiro atoms. The van der Waals surface area contributed by atoms with Crippen LogP contribution >= 0.6 is 0 Å². The largest absolute Gasteiger partial charge is 0.274 e. The molecule has 0 atom stereocenters. The maximum Gasteiger partial charge on any atom is 0.274 e. The van der Waals surface area contributed by atoms with E-state index in [0.717, 1.165) is 12.0 Å². The number of carbonyl (C=O) groups excluding carboxylic acids is 1. The summed E-state index contributed by atoms with van der Waals surface area (Å²) in [6.45, 7) is 2.08. The van der Waals surface area contributed by atoms with Crippen LogP contribution in [-0.4, -0.2) is 12.1 Å². The second-order valence-corrected chi connectivity index (χ2v) is 4.27. The molecule has 20 heavy (non-hydrogen) atoms. The van der Waals surface area contributed by atoms with E-state index in [9.17, 15) is 9.18 Å². The second-order valence-electron chi connectivity index (χ2n) is 4.27. The van der Waals surface area contributed by atoms with Crippen molar-refractivity contribution in [2.24, 2.45) is 5.10 Å². The molecule has 0 aliphatic heterocycles. The highest BCUT2D eigenvalue weighted by Gasteiger charge is 2.08. The zero-order chi connectivity index (χ0) is 14.4. The average molecular weight is 270 g/mol. The van der Waals surface area contributed by atoms with Gasteiger partial charge < -0.3 is 0 Å². The lowest BCUT2D eigenvalue weighted by Gasteiger charge is -2.01. The predicted molar refractivity (Wildman–Crippen MR) is 77.3 cm³/mol. The number of benzene rings is 2. The molecule has 102 valence electrons. The van der Waals surface area contributed by atoms with Crippen molar-refractivity contribution in [3.05, 3.63) is 71.0 Å². The fourth-order valence-electron chi connectivity index (χ4n) is 1.71. The molecule has 0 heterocycles. The Morgan fingerprint density at radius 3 is 2.55 bits per heavy atom. The lowest BCUT2D eigenvalue weighted by atomic mass is 10.1. The van der Waals surface area contributed by atoms with Gasteiger partial charge >= 0.3 is 0 Å². The zero-order valence-corrected chi connectivity index (χ0v) is 11.1. The molecule has 2 aromatic rings. The van der Waals surface area contributed by atoms with Crippen LogP contribution in [0.25, 0.3) is 0 Å². The van der Waals surface area contributed by atoms with Crippen LogP contribution in [0.4, 0.5) is 4.39 Å². The fraction of sp³-hybridized carbons (Fsp3) is 0.125. The normalized spacial score (nSPS) is 10.7. The summed E-state index contributed by atoms with van der Waals surface area (Å²) in [5.74, 6) is -1.13. The van der Waals surface area contributed by atoms with Gasteiger partial charge in [-0.3, -0.25) is 4.79 Å². The Morgan fingerprint density at radius 2 is 1.90 bits per heavy atom. The monoisotopic (exact) mass is 270 g/mol. The minimum atomic E-state index is -0.565. The Bertz CT molecular complexity index is 621. The molecule has 0 bridgehead atoms. The molecule has 0 aliphatic rings. The molecule has 2 aromatic carbocycles. The first-order chi connectivity index (χ1) is 9.70. The Balaban J connectivity index is 1.99. The second kappa shape index (κ2) is 6.61. The molecule has 0 saturated carbocycles. The summed E-state index contributed by atoms with van der Waals surface area (Å²) in [6, 6.07) is 13.6. The van der Waals surface area contributed by atoms with Crippen LogP contribution in [0.15, 0.2) is 53.6 Å². The van der Waals surface area contributed by atoms with Crippen LogP contribution in [0.1, 0.15) is 28.4 Å². The van der Waals surface area contributed by atoms with Crippen molar-refractivity contribution in [1.29, 1.82) is 0 Å². The minimum absolute atomic E-state index is 0.0222. The quantitative estimate of drug-likeness (QED) is 0.673. The third-order valence-electron chi connectivity index (χ3n) is 2.89. The Morgan fingerprint density at radius 1 is 1.20 bits per heavy atom. The van der Waals surface area contributed by atoms with Gasteiger partial charge in [0.05, 0.1) is 11.8 Å². The highest BCUT2D eigenvalue weighted by Crippen LogP contribution is 2.06. The summed E-state index contributed by atoms with van der Waals surface area (Å²) >= 11 is 0. The zero-order valence-electron chi connectivity index (χ0n) is 11.1. The van der Waals surface area contributed by atoms with Crippen molar-refractivity contribution in [3.8, 4) is 0 Å². The Hall–Kier alpha value is -2.49. The number of hydrazone groups is 1. The first kappa shape index (κ1) is 13.9. The van der Waals surface area contributed by atoms with Gasteiger partial charge in [-0.2, -0.15) is 5.10 Å². The van der Waals surface area contributed by atoms with E-state index < -0.39 is 11.7 Å². The third-order valence-corrected chi connectivity index (χ3v) is 2.89. The number of carbonyl (C=O) groups is 1. The average Bonchev–Trinajstić information content (AvgIpc) is 2.48. The number of halogens is 1. The van der Waals surface area contributed by atoms with Gasteiger partial charge in [0.1, 0.15) is 5.82 Å². The van der Waals surface area contributed by atoms with Gasteiger partial charge in [-0.25, -0.2) is 9.82 Å². The first-order valence-corrected chi connectivity index (χ1v) is 6.37. The minimum Gasteiger partial charge on any atom is -0.267 e. The van der Waals surface area contributed by atoms with Gasteiger partial charge in [0.25, 0.3) is 5.91 Å². The molecule has 3 nitrogen and oxygen atoms in total. The van der Waals surface area contributed by atoms with E-state index in [0.29, 0.717) is 0 Å². The summed E-state index contributed by atoms with van der Waals surface area (Å²) in [7, 11) is 0. The lowest BCUT2D eigenvalue weighted by Crippen LogP contribution is -2.18. The van der Waals surface area contributed by atoms with Crippen LogP contribution < -0.4 is 5.43 Å². The molecule has 1 N–H and O–H groups in total. The molecule has 0 aliphatic carbocycles. The van der Waals surface area contributed by atoms with E-state index in [1.165, 1.54) is 30.0 Å². The predicted octanol–water partition coefficient (Wildman–Crippen LogP) is 3.15. The van der Waals surface area contributed by atoms with Gasteiger partial charge in [0, 0.05) is 0 Å². The number of rotatable bonds is 4. The van der Waals surface area contributed by atoms with Crippen LogP contribution in [0.3, 0.4) is 0 Å². The van der Waals surface area contributed by atoms with Gasteiger partial charge in [-0.05, 0) is 29.7 Å². The lowest BCUT2D eigenvalue weighted by molar-refractivity contribution is 0.0951. The van der Waals surface area contributed by atoms with Crippen LogP contribution in [0, 0.1) is 5.82 Å². The molecule has 0 unspecified atom stereocenters. The van der Waals surface area contributed by atoms with E-state index in [2.05, 4.69) is 17.5 Å². The molecular formula is C16H15FN2O. The Labute approximate surface area is 117 Å². The molecular weight excluding hydrogens is 255 g/mol. The fourth-order valence-corrected chi connectivity index (χ4v) is 1.71. The van der Waals surface area contributed by atoms with Gasteiger partial charge in [0.15, 0.2) is 0 Å². The summed E-state index contributed by atoms with van der Waals surface area (Å²) in [6.07, 6.45) is 2.50. The van der Waals surface area contributed by atoms with Crippen molar-refractivity contribution in [1.82, 2.24) is 5.43 Å². The number of nitrogens with one attached hydrogen (secondary N) is 1. The molecule has 0 aromatic heterocycles. The highest BCUT2D eigenvalue weighted by molar-refractivity contribution is 5.95. The smallest absolute Gasteiger partial charge is 0.267 e. The maximum atomic E-state index is 13.4. The van der Waals surface area contributed by atoms with Crippen molar-refractivity contribution in [2.75, 3.05) is 0 Å². The van der Waals surface area contributed by atoms with Crippen molar-refractivity contribution in [3.63, 3.8) is 0 Å². The van der Waals surface area contributed by atoms with Crippen molar-refractivity contribution < 1.29 is 9.18 Å². The highest BCUT2D eigenvalue weighted by atomic mass is 19.1.